The molecule has 2 saturated heterocycles. The molecule has 66 heavy (non-hydrogen) atoms. The molecule has 4 aliphatic rings. The summed E-state index contributed by atoms with van der Waals surface area (Å²) >= 11 is 10.9. The predicted octanol–water partition coefficient (Wildman–Crippen LogP) is 7.06. The van der Waals surface area contributed by atoms with Crippen molar-refractivity contribution in [3.63, 3.8) is 0 Å². The fourth-order valence-electron chi connectivity index (χ4n) is 8.10. The topological polar surface area (TPSA) is 179 Å². The molecule has 24 heteroatoms. The monoisotopic (exact) mass is 954 g/mol. The van der Waals surface area contributed by atoms with Crippen molar-refractivity contribution in [1.82, 2.24) is 20.6 Å². The molecular weight excluding hydrogens is 925 g/mol. The highest BCUT2D eigenvalue weighted by atomic mass is 32.1. The van der Waals surface area contributed by atoms with Crippen LogP contribution in [0.25, 0.3) is 0 Å². The Labute approximate surface area is 379 Å². The normalized spacial score (nSPS) is 17.2. The maximum Gasteiger partial charge on any atom is 0.419 e. The molecule has 2 aromatic carbocycles. The lowest BCUT2D eigenvalue weighted by Crippen LogP contribution is -2.55. The minimum Gasteiger partial charge on any atom is -0.355 e. The summed E-state index contributed by atoms with van der Waals surface area (Å²) in [7, 11) is 2.71. The van der Waals surface area contributed by atoms with Gasteiger partial charge >= 0.3 is 12.4 Å². The van der Waals surface area contributed by atoms with Gasteiger partial charge in [-0.3, -0.25) is 29.0 Å². The van der Waals surface area contributed by atoms with Crippen molar-refractivity contribution in [1.29, 1.82) is 10.5 Å². The zero-order chi connectivity index (χ0) is 48.3. The Morgan fingerprint density at radius 3 is 1.24 bits per heavy atom. The van der Waals surface area contributed by atoms with E-state index in [9.17, 15) is 54.3 Å². The van der Waals surface area contributed by atoms with Gasteiger partial charge in [-0.1, -0.05) is 0 Å². The zero-order valence-corrected chi connectivity index (χ0v) is 35.7. The molecule has 0 atom stereocenters. The standard InChI is InChI=1S/2C21H15F4N5O2S/c2*1-27-17(31)13-4-3-11(8-15(13)22)30-19(33)29(18(32)20(30)5-2-6-20)12-7-14(21(23,24)25)16(9-26)28-10-12/h2*3-4,7-8,10H,2,5-6H2,1H3,(H,27,31). The highest BCUT2D eigenvalue weighted by Crippen LogP contribution is 2.50. The molecule has 2 saturated carbocycles. The van der Waals surface area contributed by atoms with Crippen LogP contribution in [-0.2, 0) is 21.9 Å². The number of nitriles is 2. The average Bonchev–Trinajstić information content (AvgIpc) is 3.64. The summed E-state index contributed by atoms with van der Waals surface area (Å²) in [5.74, 6) is -4.07. The SMILES string of the molecule is CNC(=O)c1ccc(N2C(=S)N(c3cnc(C#N)c(C(F)(F)F)c3)C(=O)C23CCC3)cc1F.CNC(=O)c1ccc(N2C(=S)N(c3cnc(C#N)c(C(F)(F)F)c3)C(=O)C23CCC3)cc1F. The van der Waals surface area contributed by atoms with E-state index in [1.54, 1.807) is 0 Å². The van der Waals surface area contributed by atoms with Crippen LogP contribution in [0.1, 0.15) is 81.8 Å². The van der Waals surface area contributed by atoms with Crippen LogP contribution in [-0.4, -0.2) is 69.0 Å². The molecule has 2 aromatic heterocycles. The van der Waals surface area contributed by atoms with E-state index >= 15 is 0 Å². The fourth-order valence-corrected chi connectivity index (χ4v) is 9.04. The third kappa shape index (κ3) is 7.58. The largest absolute Gasteiger partial charge is 0.419 e. The van der Waals surface area contributed by atoms with Crippen LogP contribution in [0.4, 0.5) is 57.9 Å². The first kappa shape index (κ1) is 46.8. The molecule has 4 amide bonds. The number of amides is 4. The van der Waals surface area contributed by atoms with Crippen LogP contribution in [0.15, 0.2) is 60.9 Å². The van der Waals surface area contributed by atoms with Crippen molar-refractivity contribution in [3.05, 3.63) is 106 Å². The summed E-state index contributed by atoms with van der Waals surface area (Å²) in [6, 6.07) is 11.6. The molecule has 4 aromatic rings. The fraction of sp³-hybridized carbons (Fsp3) is 0.286. The lowest BCUT2D eigenvalue weighted by Gasteiger charge is -2.43. The van der Waals surface area contributed by atoms with Crippen molar-refractivity contribution in [3.8, 4) is 12.1 Å². The molecule has 2 spiro atoms. The number of halogens is 8. The number of nitrogens with one attached hydrogen (secondary N) is 2. The number of pyridine rings is 2. The van der Waals surface area contributed by atoms with Crippen LogP contribution < -0.4 is 30.2 Å². The number of anilines is 4. The molecule has 14 nitrogen and oxygen atoms in total. The van der Waals surface area contributed by atoms with E-state index in [4.69, 9.17) is 35.0 Å². The molecule has 0 radical (unpaired) electrons. The minimum atomic E-state index is -4.87. The van der Waals surface area contributed by atoms with E-state index in [1.807, 2.05) is 0 Å². The number of benzene rings is 2. The maximum absolute atomic E-state index is 14.6. The van der Waals surface area contributed by atoms with Crippen molar-refractivity contribution in [2.75, 3.05) is 33.7 Å². The van der Waals surface area contributed by atoms with Gasteiger partial charge in [0.25, 0.3) is 23.6 Å². The molecule has 2 aliphatic carbocycles. The highest BCUT2D eigenvalue weighted by Gasteiger charge is 2.61. The number of thiocarbonyl (C=S) groups is 2. The first-order valence-corrected chi connectivity index (χ1v) is 20.3. The Bertz CT molecular complexity index is 2660. The van der Waals surface area contributed by atoms with Crippen molar-refractivity contribution < 1.29 is 54.3 Å². The third-order valence-electron chi connectivity index (χ3n) is 11.6. The molecule has 4 fully saturated rings. The van der Waals surface area contributed by atoms with Gasteiger partial charge in [0, 0.05) is 25.5 Å². The third-order valence-corrected chi connectivity index (χ3v) is 12.4. The highest BCUT2D eigenvalue weighted by molar-refractivity contribution is 7.81. The number of alkyl halides is 6. The lowest BCUT2D eigenvalue weighted by molar-refractivity contribution is -0.138. The summed E-state index contributed by atoms with van der Waals surface area (Å²) in [4.78, 5) is 62.2. The molecule has 340 valence electrons. The van der Waals surface area contributed by atoms with E-state index in [0.717, 1.165) is 34.3 Å². The number of carbonyl (C=O) groups is 4. The molecule has 2 aliphatic heterocycles. The molecule has 4 heterocycles. The van der Waals surface area contributed by atoms with E-state index in [2.05, 4.69) is 20.6 Å². The zero-order valence-electron chi connectivity index (χ0n) is 34.1. The van der Waals surface area contributed by atoms with Crippen LogP contribution in [0, 0.1) is 34.3 Å². The first-order chi connectivity index (χ1) is 31.1. The molecule has 2 N–H and O–H groups in total. The maximum atomic E-state index is 14.6. The van der Waals surface area contributed by atoms with E-state index in [1.165, 1.54) is 60.3 Å². The Morgan fingerprint density at radius 2 is 0.985 bits per heavy atom. The molecule has 0 unspecified atom stereocenters. The van der Waals surface area contributed by atoms with Crippen molar-refractivity contribution in [2.45, 2.75) is 62.0 Å². The van der Waals surface area contributed by atoms with Gasteiger partial charge in [0.1, 0.15) is 34.9 Å². The Morgan fingerprint density at radius 1 is 0.636 bits per heavy atom. The van der Waals surface area contributed by atoms with Gasteiger partial charge in [0.2, 0.25) is 0 Å². The first-order valence-electron chi connectivity index (χ1n) is 19.5. The summed E-state index contributed by atoms with van der Waals surface area (Å²) in [6.07, 6.45) is -5.03. The van der Waals surface area contributed by atoms with Gasteiger partial charge in [-0.05, 0) is 111 Å². The average molecular weight is 955 g/mol. The Balaban J connectivity index is 0.000000196. The number of hydrogen-bond acceptors (Lipinski definition) is 10. The Hall–Kier alpha value is -7.18. The van der Waals surface area contributed by atoms with Crippen LogP contribution in [0.3, 0.4) is 0 Å². The Kier molecular flexibility index (Phi) is 12.0. The van der Waals surface area contributed by atoms with Gasteiger partial charge in [-0.2, -0.15) is 36.9 Å². The number of aromatic nitrogens is 2. The molecule has 8 rings (SSSR count). The van der Waals surface area contributed by atoms with Crippen LogP contribution >= 0.6 is 24.4 Å². The van der Waals surface area contributed by atoms with Gasteiger partial charge in [-0.25, -0.2) is 18.7 Å². The van der Waals surface area contributed by atoms with Crippen molar-refractivity contribution in [2.24, 2.45) is 0 Å². The van der Waals surface area contributed by atoms with Gasteiger partial charge in [0.05, 0.1) is 46.0 Å². The summed E-state index contributed by atoms with van der Waals surface area (Å²) < 4.78 is 110. The smallest absolute Gasteiger partial charge is 0.355 e. The summed E-state index contributed by atoms with van der Waals surface area (Å²) in [6.45, 7) is 0. The summed E-state index contributed by atoms with van der Waals surface area (Å²) in [5, 5.41) is 22.3. The quantitative estimate of drug-likeness (QED) is 0.149. The van der Waals surface area contributed by atoms with Gasteiger partial charge in [0.15, 0.2) is 21.6 Å². The second-order valence-corrected chi connectivity index (χ2v) is 15.9. The number of hydrogen-bond donors (Lipinski definition) is 2. The number of rotatable bonds is 6. The second-order valence-electron chi connectivity index (χ2n) is 15.2. The van der Waals surface area contributed by atoms with E-state index in [0.29, 0.717) is 50.7 Å². The summed E-state index contributed by atoms with van der Waals surface area (Å²) in [5.41, 5.74) is -7.10. The van der Waals surface area contributed by atoms with Gasteiger partial charge in [-0.15, -0.1) is 0 Å². The minimum absolute atomic E-state index is 0.147. The molecule has 0 bridgehead atoms. The number of carbonyl (C=O) groups excluding carboxylic acids is 4. The predicted molar refractivity (Wildman–Crippen MR) is 226 cm³/mol. The van der Waals surface area contributed by atoms with Crippen molar-refractivity contribution >= 4 is 81.0 Å². The second kappa shape index (κ2) is 17.0. The van der Waals surface area contributed by atoms with Crippen LogP contribution in [0.2, 0.25) is 0 Å². The van der Waals surface area contributed by atoms with E-state index < -0.39 is 81.2 Å². The lowest BCUT2D eigenvalue weighted by atomic mass is 9.75. The molecular formula is C42H30F8N10O4S2. The number of nitrogens with zero attached hydrogens (tertiary/aromatic N) is 8. The van der Waals surface area contributed by atoms with Crippen LogP contribution in [0.5, 0.6) is 0 Å². The van der Waals surface area contributed by atoms with Gasteiger partial charge < -0.3 is 20.4 Å². The van der Waals surface area contributed by atoms with E-state index in [-0.39, 0.29) is 44.1 Å².